The first kappa shape index (κ1) is 26.4. The highest BCUT2D eigenvalue weighted by molar-refractivity contribution is 5.92. The van der Waals surface area contributed by atoms with E-state index in [9.17, 15) is 9.59 Å². The number of fused-ring (bicyclic) bond motifs is 1. The van der Waals surface area contributed by atoms with Crippen molar-refractivity contribution >= 4 is 22.6 Å². The first-order chi connectivity index (χ1) is 18.5. The van der Waals surface area contributed by atoms with Gasteiger partial charge in [-0.2, -0.15) is 0 Å². The number of nitrogens with zero attached hydrogens (tertiary/aromatic N) is 1. The molecule has 8 nitrogen and oxygen atoms in total. The van der Waals surface area contributed by atoms with Crippen LogP contribution in [0.1, 0.15) is 69.4 Å². The fourth-order valence-corrected chi connectivity index (χ4v) is 5.94. The van der Waals surface area contributed by atoms with Crippen molar-refractivity contribution in [1.82, 2.24) is 9.55 Å². The number of anilines is 1. The maximum Gasteiger partial charge on any atom is 0.326 e. The first-order valence-corrected chi connectivity index (χ1v) is 14.0. The molecule has 3 aromatic rings. The van der Waals surface area contributed by atoms with Crippen molar-refractivity contribution in [2.45, 2.75) is 76.9 Å². The van der Waals surface area contributed by atoms with Gasteiger partial charge in [0.15, 0.2) is 0 Å². The second-order valence-corrected chi connectivity index (χ2v) is 10.6. The molecule has 2 fully saturated rings. The third-order valence-corrected chi connectivity index (χ3v) is 8.07. The number of carbonyl (C=O) groups is 1. The summed E-state index contributed by atoms with van der Waals surface area (Å²) in [6, 6.07) is 11.5. The number of carbonyl (C=O) groups excluding carboxylic acids is 1. The molecular formula is C30H39N3O5. The predicted octanol–water partition coefficient (Wildman–Crippen LogP) is 5.74. The number of aryl methyl sites for hydroxylation is 1. The van der Waals surface area contributed by atoms with Gasteiger partial charge >= 0.3 is 5.69 Å². The maximum absolute atomic E-state index is 13.0. The summed E-state index contributed by atoms with van der Waals surface area (Å²) < 4.78 is 19.2. The third kappa shape index (κ3) is 5.90. The molecule has 2 aliphatic rings. The van der Waals surface area contributed by atoms with Crippen LogP contribution in [0.2, 0.25) is 0 Å². The molecule has 0 aliphatic heterocycles. The summed E-state index contributed by atoms with van der Waals surface area (Å²) in [5.41, 5.74) is 3.21. The second kappa shape index (κ2) is 12.1. The van der Waals surface area contributed by atoms with Crippen LogP contribution in [0.3, 0.4) is 0 Å². The molecular weight excluding hydrogens is 482 g/mol. The van der Waals surface area contributed by atoms with E-state index < -0.39 is 0 Å². The molecule has 0 unspecified atom stereocenters. The number of aromatic amines is 1. The van der Waals surface area contributed by atoms with Gasteiger partial charge in [-0.1, -0.05) is 31.4 Å². The van der Waals surface area contributed by atoms with Crippen molar-refractivity contribution in [3.05, 3.63) is 52.4 Å². The Labute approximate surface area is 223 Å². The zero-order valence-corrected chi connectivity index (χ0v) is 22.5. The van der Waals surface area contributed by atoms with Crippen molar-refractivity contribution in [3.8, 4) is 11.5 Å². The number of ether oxygens (including phenoxy) is 3. The van der Waals surface area contributed by atoms with Gasteiger partial charge in [-0.3, -0.25) is 9.36 Å². The topological polar surface area (TPSA) is 94.6 Å². The smallest absolute Gasteiger partial charge is 0.326 e. The van der Waals surface area contributed by atoms with Gasteiger partial charge in [-0.15, -0.1) is 0 Å². The van der Waals surface area contributed by atoms with Crippen molar-refractivity contribution in [3.63, 3.8) is 0 Å². The normalized spacial score (nSPS) is 20.4. The van der Waals surface area contributed by atoms with Crippen LogP contribution in [-0.2, 0) is 9.53 Å². The minimum Gasteiger partial charge on any atom is -0.496 e. The lowest BCUT2D eigenvalue weighted by atomic mass is 9.85. The van der Waals surface area contributed by atoms with Crippen LogP contribution in [0.5, 0.6) is 11.5 Å². The summed E-state index contributed by atoms with van der Waals surface area (Å²) in [6.07, 6.45) is 9.40. The van der Waals surface area contributed by atoms with E-state index in [1.807, 2.05) is 47.9 Å². The third-order valence-electron chi connectivity index (χ3n) is 8.07. The van der Waals surface area contributed by atoms with Gasteiger partial charge in [0.05, 0.1) is 25.3 Å². The molecule has 2 aromatic carbocycles. The number of para-hydroxylation sites is 1. The van der Waals surface area contributed by atoms with Crippen LogP contribution in [-0.4, -0.2) is 41.9 Å². The summed E-state index contributed by atoms with van der Waals surface area (Å²) in [4.78, 5) is 29.0. The molecule has 38 heavy (non-hydrogen) atoms. The Morgan fingerprint density at radius 2 is 1.79 bits per heavy atom. The SMILES string of the molecule is COc1cc(NC(=O)C2CCC(n3c(=O)[nH]c4c(OCCOC5CCCCC5)cccc43)CC2)ccc1C. The number of methoxy groups -OCH3 is 1. The molecule has 0 saturated heterocycles. The number of hydrogen-bond donors (Lipinski definition) is 2. The van der Waals surface area contributed by atoms with Gasteiger partial charge < -0.3 is 24.5 Å². The van der Waals surface area contributed by atoms with E-state index in [1.165, 1.54) is 19.3 Å². The highest BCUT2D eigenvalue weighted by atomic mass is 16.5. The molecule has 2 saturated carbocycles. The zero-order chi connectivity index (χ0) is 26.5. The number of benzene rings is 2. The van der Waals surface area contributed by atoms with E-state index in [4.69, 9.17) is 14.2 Å². The average molecular weight is 522 g/mol. The van der Waals surface area contributed by atoms with Gasteiger partial charge in [0.1, 0.15) is 23.6 Å². The fraction of sp³-hybridized carbons (Fsp3) is 0.533. The monoisotopic (exact) mass is 521 g/mol. The molecule has 0 atom stereocenters. The number of amides is 1. The van der Waals surface area contributed by atoms with Crippen LogP contribution in [0.25, 0.3) is 11.0 Å². The first-order valence-electron chi connectivity index (χ1n) is 14.0. The largest absolute Gasteiger partial charge is 0.496 e. The molecule has 0 radical (unpaired) electrons. The van der Waals surface area contributed by atoms with Crippen LogP contribution in [0.4, 0.5) is 5.69 Å². The Bertz CT molecular complexity index is 1300. The Hall–Kier alpha value is -3.26. The predicted molar refractivity (Wildman–Crippen MR) is 148 cm³/mol. The van der Waals surface area contributed by atoms with Gasteiger partial charge in [0, 0.05) is 23.7 Å². The Kier molecular flexibility index (Phi) is 8.37. The number of nitrogens with one attached hydrogen (secondary N) is 2. The number of imidazole rings is 1. The molecule has 1 amide bonds. The number of rotatable bonds is 9. The van der Waals surface area contributed by atoms with Crippen LogP contribution < -0.4 is 20.5 Å². The maximum atomic E-state index is 13.0. The molecule has 8 heteroatoms. The summed E-state index contributed by atoms with van der Waals surface area (Å²) in [5, 5.41) is 3.04. The van der Waals surface area contributed by atoms with Crippen LogP contribution >= 0.6 is 0 Å². The summed E-state index contributed by atoms with van der Waals surface area (Å²) in [7, 11) is 1.63. The minimum atomic E-state index is -0.130. The van der Waals surface area contributed by atoms with Gasteiger partial charge in [-0.05, 0) is 69.2 Å². The highest BCUT2D eigenvalue weighted by Gasteiger charge is 2.29. The van der Waals surface area contributed by atoms with Crippen molar-refractivity contribution in [2.75, 3.05) is 25.6 Å². The Morgan fingerprint density at radius 3 is 2.55 bits per heavy atom. The summed E-state index contributed by atoms with van der Waals surface area (Å²) >= 11 is 0. The summed E-state index contributed by atoms with van der Waals surface area (Å²) in [6.45, 7) is 2.98. The standard InChI is InChI=1S/C30H39N3O5/c1-20-11-14-22(19-27(20)36-2)31-29(34)21-12-15-23(16-13-21)33-25-9-6-10-26(28(25)32-30(33)35)38-18-17-37-24-7-4-3-5-8-24/h6,9-11,14,19,21,23-24H,3-5,7-8,12-13,15-18H2,1-2H3,(H,31,34)(H,32,35). The van der Waals surface area contributed by atoms with E-state index in [0.717, 1.165) is 66.6 Å². The quantitative estimate of drug-likeness (QED) is 0.350. The molecule has 2 aliphatic carbocycles. The molecule has 0 bridgehead atoms. The van der Waals surface area contributed by atoms with Crippen LogP contribution in [0.15, 0.2) is 41.2 Å². The molecule has 5 rings (SSSR count). The Morgan fingerprint density at radius 1 is 1.00 bits per heavy atom. The lowest BCUT2D eigenvalue weighted by Crippen LogP contribution is -2.31. The number of hydrogen-bond acceptors (Lipinski definition) is 5. The van der Waals surface area contributed by atoms with Gasteiger partial charge in [0.25, 0.3) is 0 Å². The minimum absolute atomic E-state index is 0.0201. The van der Waals surface area contributed by atoms with E-state index in [0.29, 0.717) is 25.1 Å². The molecule has 0 spiro atoms. The highest BCUT2D eigenvalue weighted by Crippen LogP contribution is 2.35. The van der Waals surface area contributed by atoms with E-state index in [1.54, 1.807) is 7.11 Å². The van der Waals surface area contributed by atoms with Gasteiger partial charge in [0.2, 0.25) is 5.91 Å². The van der Waals surface area contributed by atoms with Crippen molar-refractivity contribution in [2.24, 2.45) is 5.92 Å². The lowest BCUT2D eigenvalue weighted by molar-refractivity contribution is -0.121. The fourth-order valence-electron chi connectivity index (χ4n) is 5.94. The van der Waals surface area contributed by atoms with Crippen LogP contribution in [0, 0.1) is 12.8 Å². The Balaban J connectivity index is 1.19. The van der Waals surface area contributed by atoms with Gasteiger partial charge in [-0.25, -0.2) is 4.79 Å². The second-order valence-electron chi connectivity index (χ2n) is 10.6. The number of H-pyrrole nitrogens is 1. The van der Waals surface area contributed by atoms with E-state index in [-0.39, 0.29) is 23.6 Å². The van der Waals surface area contributed by atoms with Crippen molar-refractivity contribution in [1.29, 1.82) is 0 Å². The molecule has 1 heterocycles. The summed E-state index contributed by atoms with van der Waals surface area (Å²) in [5.74, 6) is 1.37. The molecule has 204 valence electrons. The zero-order valence-electron chi connectivity index (χ0n) is 22.5. The molecule has 2 N–H and O–H groups in total. The van der Waals surface area contributed by atoms with Crippen molar-refractivity contribution < 1.29 is 19.0 Å². The average Bonchev–Trinajstić information content (AvgIpc) is 3.29. The number of aromatic nitrogens is 2. The van der Waals surface area contributed by atoms with E-state index in [2.05, 4.69) is 10.3 Å². The lowest BCUT2D eigenvalue weighted by Gasteiger charge is -2.28. The van der Waals surface area contributed by atoms with E-state index >= 15 is 0 Å². The molecule has 1 aromatic heterocycles.